The summed E-state index contributed by atoms with van der Waals surface area (Å²) >= 11 is 0. The van der Waals surface area contributed by atoms with E-state index >= 15 is 0 Å². The Morgan fingerprint density at radius 2 is 1.75 bits per heavy atom. The maximum absolute atomic E-state index is 12.8. The zero-order valence-corrected chi connectivity index (χ0v) is 15.9. The number of ether oxygens (including phenoxy) is 1. The van der Waals surface area contributed by atoms with E-state index in [9.17, 15) is 9.59 Å². The number of nitrogens with one attached hydrogen (secondary N) is 1. The lowest BCUT2D eigenvalue weighted by atomic mass is 10.1. The minimum Gasteiger partial charge on any atom is -0.481 e. The molecule has 3 rings (SSSR count). The first kappa shape index (κ1) is 19.4. The van der Waals surface area contributed by atoms with Gasteiger partial charge in [0.1, 0.15) is 5.75 Å². The number of hydrogen-bond acceptors (Lipinski definition) is 4. The van der Waals surface area contributed by atoms with Crippen molar-refractivity contribution in [1.82, 2.24) is 4.90 Å². The van der Waals surface area contributed by atoms with Gasteiger partial charge in [-0.25, -0.2) is 0 Å². The molecule has 1 aliphatic rings. The molecule has 6 nitrogen and oxygen atoms in total. The second kappa shape index (κ2) is 9.05. The lowest BCUT2D eigenvalue weighted by Gasteiger charge is -2.27. The van der Waals surface area contributed by atoms with Crippen LogP contribution in [0.15, 0.2) is 48.5 Å². The predicted molar refractivity (Wildman–Crippen MR) is 106 cm³/mol. The molecule has 1 saturated heterocycles. The summed E-state index contributed by atoms with van der Waals surface area (Å²) in [6, 6.07) is 15.6. The number of nitrogens with zero attached hydrogens (tertiary/aromatic N) is 2. The SMILES string of the molecule is CC(Oc1ccc(C#N)cc1)C(=O)Nc1ccccc1C(=O)N1CCCCC1. The number of rotatable bonds is 5. The molecule has 0 bridgehead atoms. The standard InChI is InChI=1S/C22H23N3O3/c1-16(28-18-11-9-17(15-23)10-12-18)21(26)24-20-8-4-3-7-19(20)22(27)25-13-5-2-6-14-25/h3-4,7-12,16H,2,5-6,13-14H2,1H3,(H,24,26). The molecule has 1 fully saturated rings. The summed E-state index contributed by atoms with van der Waals surface area (Å²) in [6.45, 7) is 3.14. The molecule has 2 aromatic carbocycles. The highest BCUT2D eigenvalue weighted by atomic mass is 16.5. The van der Waals surface area contributed by atoms with Crippen LogP contribution in [0.1, 0.15) is 42.1 Å². The lowest BCUT2D eigenvalue weighted by molar-refractivity contribution is -0.122. The first-order valence-corrected chi connectivity index (χ1v) is 9.44. The number of benzene rings is 2. The van der Waals surface area contributed by atoms with E-state index in [-0.39, 0.29) is 11.8 Å². The minimum atomic E-state index is -0.758. The van der Waals surface area contributed by atoms with Gasteiger partial charge in [-0.2, -0.15) is 5.26 Å². The summed E-state index contributed by atoms with van der Waals surface area (Å²) in [5.41, 5.74) is 1.50. The molecule has 0 radical (unpaired) electrons. The molecular weight excluding hydrogens is 354 g/mol. The Labute approximate surface area is 164 Å². The summed E-state index contributed by atoms with van der Waals surface area (Å²) in [4.78, 5) is 27.3. The molecule has 0 spiro atoms. The molecule has 1 aliphatic heterocycles. The number of carbonyl (C=O) groups excluding carboxylic acids is 2. The van der Waals surface area contributed by atoms with Crippen LogP contribution in [-0.2, 0) is 4.79 Å². The van der Waals surface area contributed by atoms with Crippen molar-refractivity contribution >= 4 is 17.5 Å². The lowest BCUT2D eigenvalue weighted by Crippen LogP contribution is -2.36. The summed E-state index contributed by atoms with van der Waals surface area (Å²) < 4.78 is 5.65. The second-order valence-corrected chi connectivity index (χ2v) is 6.78. The fourth-order valence-corrected chi connectivity index (χ4v) is 3.15. The second-order valence-electron chi connectivity index (χ2n) is 6.78. The van der Waals surface area contributed by atoms with Crippen LogP contribution in [0.3, 0.4) is 0 Å². The first-order chi connectivity index (χ1) is 13.6. The van der Waals surface area contributed by atoms with Gasteiger partial charge in [-0.3, -0.25) is 9.59 Å². The van der Waals surface area contributed by atoms with Gasteiger partial charge >= 0.3 is 0 Å². The van der Waals surface area contributed by atoms with E-state index in [4.69, 9.17) is 10.00 Å². The largest absolute Gasteiger partial charge is 0.481 e. The molecule has 0 aliphatic carbocycles. The maximum atomic E-state index is 12.8. The highest BCUT2D eigenvalue weighted by Gasteiger charge is 2.22. The van der Waals surface area contributed by atoms with E-state index in [0.717, 1.165) is 32.4 Å². The molecule has 1 N–H and O–H groups in total. The van der Waals surface area contributed by atoms with Crippen molar-refractivity contribution in [2.75, 3.05) is 18.4 Å². The van der Waals surface area contributed by atoms with E-state index < -0.39 is 6.10 Å². The Morgan fingerprint density at radius 1 is 1.07 bits per heavy atom. The molecule has 6 heteroatoms. The van der Waals surface area contributed by atoms with Crippen molar-refractivity contribution in [2.24, 2.45) is 0 Å². The van der Waals surface area contributed by atoms with Crippen LogP contribution in [0.25, 0.3) is 0 Å². The Hall–Kier alpha value is -3.33. The zero-order chi connectivity index (χ0) is 19.9. The highest BCUT2D eigenvalue weighted by Crippen LogP contribution is 2.21. The summed E-state index contributed by atoms with van der Waals surface area (Å²) in [5.74, 6) is 0.0962. The Balaban J connectivity index is 1.67. The molecule has 144 valence electrons. The predicted octanol–water partition coefficient (Wildman–Crippen LogP) is 3.59. The minimum absolute atomic E-state index is 0.0590. The third-order valence-corrected chi connectivity index (χ3v) is 4.72. The summed E-state index contributed by atoms with van der Waals surface area (Å²) in [6.07, 6.45) is 2.41. The number of likely N-dealkylation sites (tertiary alicyclic amines) is 1. The van der Waals surface area contributed by atoms with Crippen LogP contribution in [0.5, 0.6) is 5.75 Å². The van der Waals surface area contributed by atoms with E-state index in [1.807, 2.05) is 11.0 Å². The number of para-hydroxylation sites is 1. The maximum Gasteiger partial charge on any atom is 0.265 e. The smallest absolute Gasteiger partial charge is 0.265 e. The first-order valence-electron chi connectivity index (χ1n) is 9.44. The molecular formula is C22H23N3O3. The zero-order valence-electron chi connectivity index (χ0n) is 15.9. The topological polar surface area (TPSA) is 82.4 Å². The van der Waals surface area contributed by atoms with E-state index in [1.54, 1.807) is 55.5 Å². The van der Waals surface area contributed by atoms with Gasteiger partial charge in [0.05, 0.1) is 22.9 Å². The average Bonchev–Trinajstić information content (AvgIpc) is 2.74. The van der Waals surface area contributed by atoms with Gasteiger partial charge in [-0.05, 0) is 62.6 Å². The third kappa shape index (κ3) is 4.68. The van der Waals surface area contributed by atoms with Crippen LogP contribution >= 0.6 is 0 Å². The molecule has 2 aromatic rings. The third-order valence-electron chi connectivity index (χ3n) is 4.72. The Morgan fingerprint density at radius 3 is 2.43 bits per heavy atom. The Kier molecular flexibility index (Phi) is 6.28. The van der Waals surface area contributed by atoms with Gasteiger partial charge in [0.2, 0.25) is 0 Å². The monoisotopic (exact) mass is 377 g/mol. The van der Waals surface area contributed by atoms with Crippen molar-refractivity contribution in [2.45, 2.75) is 32.3 Å². The van der Waals surface area contributed by atoms with Crippen LogP contribution in [-0.4, -0.2) is 35.9 Å². The molecule has 0 saturated carbocycles. The summed E-state index contributed by atoms with van der Waals surface area (Å²) in [5, 5.41) is 11.7. The van der Waals surface area contributed by atoms with Crippen LogP contribution in [0, 0.1) is 11.3 Å². The Bertz CT molecular complexity index is 881. The number of nitriles is 1. The normalized spacial score (nSPS) is 14.6. The van der Waals surface area contributed by atoms with Gasteiger partial charge in [0.15, 0.2) is 6.10 Å². The number of carbonyl (C=O) groups is 2. The van der Waals surface area contributed by atoms with Crippen LogP contribution < -0.4 is 10.1 Å². The van der Waals surface area contributed by atoms with Crippen molar-refractivity contribution in [3.05, 3.63) is 59.7 Å². The number of anilines is 1. The van der Waals surface area contributed by atoms with Crippen LogP contribution in [0.4, 0.5) is 5.69 Å². The highest BCUT2D eigenvalue weighted by molar-refractivity contribution is 6.04. The molecule has 28 heavy (non-hydrogen) atoms. The van der Waals surface area contributed by atoms with E-state index in [0.29, 0.717) is 22.6 Å². The fraction of sp³-hybridized carbons (Fsp3) is 0.318. The van der Waals surface area contributed by atoms with Crippen molar-refractivity contribution in [3.63, 3.8) is 0 Å². The van der Waals surface area contributed by atoms with Crippen molar-refractivity contribution < 1.29 is 14.3 Å². The number of hydrogen-bond donors (Lipinski definition) is 1. The fourth-order valence-electron chi connectivity index (χ4n) is 3.15. The van der Waals surface area contributed by atoms with Gasteiger partial charge < -0.3 is 15.0 Å². The molecule has 2 amide bonds. The summed E-state index contributed by atoms with van der Waals surface area (Å²) in [7, 11) is 0. The number of piperidine rings is 1. The van der Waals surface area contributed by atoms with Gasteiger partial charge in [-0.15, -0.1) is 0 Å². The molecule has 1 atom stereocenters. The number of amides is 2. The van der Waals surface area contributed by atoms with E-state index in [1.165, 1.54) is 0 Å². The molecule has 1 unspecified atom stereocenters. The average molecular weight is 377 g/mol. The van der Waals surface area contributed by atoms with Crippen LogP contribution in [0.2, 0.25) is 0 Å². The van der Waals surface area contributed by atoms with Gasteiger partial charge in [0.25, 0.3) is 11.8 Å². The molecule has 1 heterocycles. The van der Waals surface area contributed by atoms with Crippen molar-refractivity contribution in [3.8, 4) is 11.8 Å². The van der Waals surface area contributed by atoms with Gasteiger partial charge in [-0.1, -0.05) is 12.1 Å². The molecule has 0 aromatic heterocycles. The quantitative estimate of drug-likeness (QED) is 0.863. The van der Waals surface area contributed by atoms with Crippen molar-refractivity contribution in [1.29, 1.82) is 5.26 Å². The van der Waals surface area contributed by atoms with Gasteiger partial charge in [0, 0.05) is 13.1 Å². The van der Waals surface area contributed by atoms with E-state index in [2.05, 4.69) is 5.32 Å².